The van der Waals surface area contributed by atoms with E-state index >= 15 is 0 Å². The van der Waals surface area contributed by atoms with Gasteiger partial charge in [-0.1, -0.05) is 36.6 Å². The third kappa shape index (κ3) is 2.95. The summed E-state index contributed by atoms with van der Waals surface area (Å²) in [7, 11) is 0. The molecule has 5 heteroatoms. The lowest BCUT2D eigenvalue weighted by molar-refractivity contribution is -0.0983. The van der Waals surface area contributed by atoms with Crippen molar-refractivity contribution in [2.45, 2.75) is 50.2 Å². The van der Waals surface area contributed by atoms with Gasteiger partial charge in [-0.15, -0.1) is 0 Å². The molecule has 1 aliphatic heterocycles. The van der Waals surface area contributed by atoms with Gasteiger partial charge in [0.15, 0.2) is 0 Å². The van der Waals surface area contributed by atoms with Crippen LogP contribution in [0.4, 0.5) is 4.39 Å². The molecule has 0 aromatic heterocycles. The fourth-order valence-corrected chi connectivity index (χ4v) is 4.14. The summed E-state index contributed by atoms with van der Waals surface area (Å²) in [5.74, 6) is 5.65. The molecule has 1 aromatic rings. The van der Waals surface area contributed by atoms with Gasteiger partial charge in [0.25, 0.3) is 0 Å². The molecule has 0 radical (unpaired) electrons. The number of hydrogen-bond acceptors (Lipinski definition) is 3. The molecule has 3 rings (SSSR count). The highest BCUT2D eigenvalue weighted by atomic mass is 35.5. The molecule has 116 valence electrons. The Kier molecular flexibility index (Phi) is 4.50. The normalized spacial score (nSPS) is 26.1. The van der Waals surface area contributed by atoms with Crippen LogP contribution in [0.5, 0.6) is 0 Å². The summed E-state index contributed by atoms with van der Waals surface area (Å²) >= 11 is 5.91. The molecule has 2 fully saturated rings. The number of ether oxygens (including phenoxy) is 1. The Morgan fingerprint density at radius 1 is 1.38 bits per heavy atom. The molecule has 0 amide bonds. The highest BCUT2D eigenvalue weighted by Crippen LogP contribution is 2.45. The highest BCUT2D eigenvalue weighted by Gasteiger charge is 2.42. The lowest BCUT2D eigenvalue weighted by Gasteiger charge is -2.41. The topological polar surface area (TPSA) is 47.3 Å². The van der Waals surface area contributed by atoms with Crippen LogP contribution < -0.4 is 11.3 Å². The van der Waals surface area contributed by atoms with E-state index < -0.39 is 0 Å². The van der Waals surface area contributed by atoms with Gasteiger partial charge in [-0.2, -0.15) is 0 Å². The Bertz CT molecular complexity index is 505. The fourth-order valence-electron chi connectivity index (χ4n) is 3.96. The Balaban J connectivity index is 1.84. The van der Waals surface area contributed by atoms with Gasteiger partial charge >= 0.3 is 0 Å². The second-order valence-corrected chi connectivity index (χ2v) is 6.69. The second-order valence-electron chi connectivity index (χ2n) is 6.28. The molecular formula is C16H22ClFN2O. The van der Waals surface area contributed by atoms with Gasteiger partial charge in [0, 0.05) is 12.2 Å². The van der Waals surface area contributed by atoms with Gasteiger partial charge in [-0.05, 0) is 37.7 Å². The van der Waals surface area contributed by atoms with Crippen LogP contribution >= 0.6 is 11.6 Å². The minimum atomic E-state index is -0.367. The molecule has 3 N–H and O–H groups in total. The number of benzene rings is 1. The third-order valence-electron chi connectivity index (χ3n) is 5.01. The monoisotopic (exact) mass is 312 g/mol. The van der Waals surface area contributed by atoms with E-state index in [-0.39, 0.29) is 28.4 Å². The molecule has 0 bridgehead atoms. The Labute approximate surface area is 130 Å². The molecular weight excluding hydrogens is 291 g/mol. The van der Waals surface area contributed by atoms with Crippen LogP contribution in [0.2, 0.25) is 5.02 Å². The van der Waals surface area contributed by atoms with Crippen LogP contribution in [0, 0.1) is 11.7 Å². The Morgan fingerprint density at radius 3 is 2.86 bits per heavy atom. The fraction of sp³-hybridized carbons (Fsp3) is 0.625. The van der Waals surface area contributed by atoms with E-state index in [1.807, 2.05) is 0 Å². The molecule has 1 aliphatic carbocycles. The molecule has 3 nitrogen and oxygen atoms in total. The van der Waals surface area contributed by atoms with Crippen LogP contribution in [0.1, 0.15) is 50.1 Å². The van der Waals surface area contributed by atoms with Gasteiger partial charge in [0.2, 0.25) is 0 Å². The summed E-state index contributed by atoms with van der Waals surface area (Å²) in [5.41, 5.74) is 3.36. The summed E-state index contributed by atoms with van der Waals surface area (Å²) in [6.45, 7) is 0.727. The molecule has 1 spiro atoms. The van der Waals surface area contributed by atoms with Crippen molar-refractivity contribution in [1.29, 1.82) is 0 Å². The summed E-state index contributed by atoms with van der Waals surface area (Å²) in [6, 6.07) is 4.89. The highest BCUT2D eigenvalue weighted by molar-refractivity contribution is 6.30. The first-order chi connectivity index (χ1) is 10.2. The van der Waals surface area contributed by atoms with Crippen molar-refractivity contribution in [3.63, 3.8) is 0 Å². The third-order valence-corrected chi connectivity index (χ3v) is 5.31. The van der Waals surface area contributed by atoms with Crippen molar-refractivity contribution in [3.05, 3.63) is 34.6 Å². The summed E-state index contributed by atoms with van der Waals surface area (Å²) in [4.78, 5) is 0. The molecule has 1 heterocycles. The standard InChI is InChI=1S/C16H22ClFN2O/c17-13-5-3-4-12(14(13)18)15(20-19)11-6-9-21-16(10-11)7-1-2-8-16/h3-5,11,15,20H,1-2,6-10,19H2. The Hall–Kier alpha value is -0.680. The van der Waals surface area contributed by atoms with Gasteiger partial charge in [0.1, 0.15) is 5.82 Å². The minimum absolute atomic E-state index is 0.00688. The van der Waals surface area contributed by atoms with Gasteiger partial charge < -0.3 is 4.74 Å². The molecule has 2 aliphatic rings. The summed E-state index contributed by atoms with van der Waals surface area (Å²) in [6.07, 6.45) is 6.49. The van der Waals surface area contributed by atoms with E-state index in [0.29, 0.717) is 5.56 Å². The largest absolute Gasteiger partial charge is 0.375 e. The predicted molar refractivity (Wildman–Crippen MR) is 81.3 cm³/mol. The predicted octanol–water partition coefficient (Wildman–Crippen LogP) is 3.72. The molecule has 2 atom stereocenters. The van der Waals surface area contributed by atoms with E-state index in [1.165, 1.54) is 12.8 Å². The number of hydrazine groups is 1. The van der Waals surface area contributed by atoms with Crippen LogP contribution in [-0.4, -0.2) is 12.2 Å². The van der Waals surface area contributed by atoms with Gasteiger partial charge in [-0.25, -0.2) is 4.39 Å². The van der Waals surface area contributed by atoms with E-state index in [0.717, 1.165) is 32.3 Å². The quantitative estimate of drug-likeness (QED) is 0.660. The summed E-state index contributed by atoms with van der Waals surface area (Å²) < 4.78 is 20.4. The molecule has 1 saturated heterocycles. The maximum absolute atomic E-state index is 14.3. The first kappa shape index (κ1) is 15.2. The lowest BCUT2D eigenvalue weighted by Crippen LogP contribution is -2.43. The zero-order valence-electron chi connectivity index (χ0n) is 12.1. The van der Waals surface area contributed by atoms with Crippen LogP contribution in [0.3, 0.4) is 0 Å². The molecule has 1 saturated carbocycles. The maximum atomic E-state index is 14.3. The van der Waals surface area contributed by atoms with E-state index in [9.17, 15) is 4.39 Å². The van der Waals surface area contributed by atoms with Crippen molar-refractivity contribution in [1.82, 2.24) is 5.43 Å². The first-order valence-electron chi connectivity index (χ1n) is 7.69. The minimum Gasteiger partial charge on any atom is -0.375 e. The van der Waals surface area contributed by atoms with E-state index in [1.54, 1.807) is 18.2 Å². The van der Waals surface area contributed by atoms with Gasteiger partial charge in [0.05, 0.1) is 16.7 Å². The smallest absolute Gasteiger partial charge is 0.146 e. The Morgan fingerprint density at radius 2 is 2.14 bits per heavy atom. The van der Waals surface area contributed by atoms with Gasteiger partial charge in [-0.3, -0.25) is 11.3 Å². The van der Waals surface area contributed by atoms with Crippen molar-refractivity contribution in [3.8, 4) is 0 Å². The average molecular weight is 313 g/mol. The SMILES string of the molecule is NNC(c1cccc(Cl)c1F)C1CCOC2(CCCC2)C1. The van der Waals surface area contributed by atoms with Crippen LogP contribution in [0.25, 0.3) is 0 Å². The van der Waals surface area contributed by atoms with Crippen molar-refractivity contribution < 1.29 is 9.13 Å². The van der Waals surface area contributed by atoms with Crippen LogP contribution in [0.15, 0.2) is 18.2 Å². The number of halogens is 2. The number of rotatable bonds is 3. The van der Waals surface area contributed by atoms with E-state index in [2.05, 4.69) is 5.43 Å². The number of nitrogens with one attached hydrogen (secondary N) is 1. The van der Waals surface area contributed by atoms with Crippen molar-refractivity contribution in [2.75, 3.05) is 6.61 Å². The molecule has 21 heavy (non-hydrogen) atoms. The lowest BCUT2D eigenvalue weighted by atomic mass is 9.78. The zero-order valence-corrected chi connectivity index (χ0v) is 12.8. The zero-order chi connectivity index (χ0) is 14.9. The van der Waals surface area contributed by atoms with Crippen LogP contribution in [-0.2, 0) is 4.74 Å². The molecule has 1 aromatic carbocycles. The summed E-state index contributed by atoms with van der Waals surface area (Å²) in [5, 5.41) is 0.149. The average Bonchev–Trinajstić information content (AvgIpc) is 2.92. The number of nitrogens with two attached hydrogens (primary N) is 1. The second kappa shape index (κ2) is 6.21. The first-order valence-corrected chi connectivity index (χ1v) is 8.07. The number of hydrogen-bond donors (Lipinski definition) is 2. The van der Waals surface area contributed by atoms with Crippen molar-refractivity contribution in [2.24, 2.45) is 11.8 Å². The van der Waals surface area contributed by atoms with Crippen molar-refractivity contribution >= 4 is 11.6 Å². The maximum Gasteiger partial charge on any atom is 0.146 e. The molecule has 2 unspecified atom stereocenters. The van der Waals surface area contributed by atoms with E-state index in [4.69, 9.17) is 22.2 Å².